The molecule has 1 aromatic carbocycles. The molecule has 0 aliphatic carbocycles. The molecule has 4 aliphatic rings. The molecule has 0 radical (unpaired) electrons. The molecule has 4 heteroatoms. The average Bonchev–Trinajstić information content (AvgIpc) is 3.02. The van der Waals surface area contributed by atoms with Crippen LogP contribution in [0.15, 0.2) is 30.3 Å². The van der Waals surface area contributed by atoms with Crippen LogP contribution in [-0.2, 0) is 4.79 Å². The summed E-state index contributed by atoms with van der Waals surface area (Å²) in [7, 11) is 0. The molecule has 1 N–H and O–H groups in total. The van der Waals surface area contributed by atoms with Gasteiger partial charge in [0.15, 0.2) is 5.66 Å². The molecule has 5 rings (SSSR count). The molecule has 0 aromatic heterocycles. The third-order valence-electron chi connectivity index (χ3n) is 6.73. The van der Waals surface area contributed by atoms with Crippen molar-refractivity contribution in [1.29, 1.82) is 0 Å². The smallest absolute Gasteiger partial charge is 0.249 e. The largest absolute Gasteiger partial charge is 0.374 e. The zero-order valence-corrected chi connectivity index (χ0v) is 13.5. The van der Waals surface area contributed by atoms with Gasteiger partial charge in [0.2, 0.25) is 5.91 Å². The second-order valence-corrected chi connectivity index (χ2v) is 7.36. The number of aliphatic hydroxyl groups excluding tert-OH is 1. The van der Waals surface area contributed by atoms with E-state index in [0.29, 0.717) is 0 Å². The minimum absolute atomic E-state index is 0.0431. The lowest BCUT2D eigenvalue weighted by atomic mass is 9.60. The number of benzene rings is 1. The number of para-hydroxylation sites is 1. The molecule has 0 bridgehead atoms. The third-order valence-corrected chi connectivity index (χ3v) is 6.73. The Morgan fingerprint density at radius 1 is 1.30 bits per heavy atom. The summed E-state index contributed by atoms with van der Waals surface area (Å²) in [4.78, 5) is 17.0. The Labute approximate surface area is 136 Å². The van der Waals surface area contributed by atoms with Crippen molar-refractivity contribution >= 4 is 17.2 Å². The van der Waals surface area contributed by atoms with Crippen LogP contribution in [0.1, 0.15) is 44.6 Å². The Kier molecular flexibility index (Phi) is 2.47. The highest BCUT2D eigenvalue weighted by Crippen LogP contribution is 2.67. The summed E-state index contributed by atoms with van der Waals surface area (Å²) in [6, 6.07) is 8.26. The second kappa shape index (κ2) is 4.18. The van der Waals surface area contributed by atoms with Crippen LogP contribution in [-0.4, -0.2) is 34.3 Å². The van der Waals surface area contributed by atoms with Gasteiger partial charge in [-0.25, -0.2) is 0 Å². The summed E-state index contributed by atoms with van der Waals surface area (Å²) in [5, 5.41) is 10.9. The molecule has 2 fully saturated rings. The molecule has 3 atom stereocenters. The fourth-order valence-electron chi connectivity index (χ4n) is 5.88. The predicted molar refractivity (Wildman–Crippen MR) is 88.5 cm³/mol. The molecule has 1 amide bonds. The van der Waals surface area contributed by atoms with Crippen LogP contribution >= 0.6 is 0 Å². The van der Waals surface area contributed by atoms with Gasteiger partial charge in [0.1, 0.15) is 6.23 Å². The van der Waals surface area contributed by atoms with E-state index < -0.39 is 11.9 Å². The summed E-state index contributed by atoms with van der Waals surface area (Å²) in [5.41, 5.74) is 2.92. The number of carbonyl (C=O) groups excluding carboxylic acids is 1. The van der Waals surface area contributed by atoms with Gasteiger partial charge in [-0.05, 0) is 38.2 Å². The van der Waals surface area contributed by atoms with Crippen LogP contribution in [0.25, 0.3) is 5.57 Å². The van der Waals surface area contributed by atoms with E-state index in [9.17, 15) is 9.90 Å². The fraction of sp³-hybridized carbons (Fsp3) is 0.526. The Bertz CT molecular complexity index is 743. The zero-order chi connectivity index (χ0) is 15.8. The first-order valence-corrected chi connectivity index (χ1v) is 8.76. The maximum absolute atomic E-state index is 12.8. The Morgan fingerprint density at radius 3 is 2.96 bits per heavy atom. The van der Waals surface area contributed by atoms with Crippen LogP contribution < -0.4 is 4.90 Å². The van der Waals surface area contributed by atoms with Gasteiger partial charge in [-0.3, -0.25) is 4.79 Å². The number of fused-ring (bicyclic) bond motifs is 3. The molecule has 4 nitrogen and oxygen atoms in total. The first-order chi connectivity index (χ1) is 11.2. The van der Waals surface area contributed by atoms with E-state index in [0.717, 1.165) is 55.5 Å². The van der Waals surface area contributed by atoms with Crippen molar-refractivity contribution in [3.63, 3.8) is 0 Å². The summed E-state index contributed by atoms with van der Waals surface area (Å²) in [5.74, 6) is 0.117. The number of nitrogens with zero attached hydrogens (tertiary/aromatic N) is 2. The highest BCUT2D eigenvalue weighted by Gasteiger charge is 2.70. The molecular weight excluding hydrogens is 288 g/mol. The zero-order valence-electron chi connectivity index (χ0n) is 13.5. The van der Waals surface area contributed by atoms with E-state index in [4.69, 9.17) is 0 Å². The third kappa shape index (κ3) is 1.28. The Morgan fingerprint density at radius 2 is 2.13 bits per heavy atom. The van der Waals surface area contributed by atoms with Gasteiger partial charge in [0.05, 0.1) is 0 Å². The van der Waals surface area contributed by atoms with E-state index in [-0.39, 0.29) is 11.3 Å². The quantitative estimate of drug-likeness (QED) is 0.867. The molecule has 4 aliphatic heterocycles. The number of anilines is 1. The molecule has 0 saturated carbocycles. The van der Waals surface area contributed by atoms with Gasteiger partial charge in [0, 0.05) is 34.9 Å². The lowest BCUT2D eigenvalue weighted by Crippen LogP contribution is -2.73. The molecule has 1 aromatic rings. The van der Waals surface area contributed by atoms with Gasteiger partial charge < -0.3 is 14.9 Å². The number of hydrogen-bond acceptors (Lipinski definition) is 3. The minimum atomic E-state index is -0.520. The number of amides is 1. The van der Waals surface area contributed by atoms with Gasteiger partial charge >= 0.3 is 0 Å². The highest BCUT2D eigenvalue weighted by molar-refractivity contribution is 6.09. The summed E-state index contributed by atoms with van der Waals surface area (Å²) in [6.07, 6.45) is 6.30. The molecule has 2 saturated heterocycles. The monoisotopic (exact) mass is 310 g/mol. The van der Waals surface area contributed by atoms with Crippen LogP contribution in [0.2, 0.25) is 0 Å². The van der Waals surface area contributed by atoms with Crippen LogP contribution in [0.4, 0.5) is 5.69 Å². The first kappa shape index (κ1) is 13.6. The number of carbonyl (C=O) groups is 1. The molecule has 23 heavy (non-hydrogen) atoms. The van der Waals surface area contributed by atoms with Gasteiger partial charge in [0.25, 0.3) is 0 Å². The van der Waals surface area contributed by atoms with Crippen molar-refractivity contribution in [3.05, 3.63) is 35.9 Å². The maximum Gasteiger partial charge on any atom is 0.249 e. The number of piperidine rings is 2. The predicted octanol–water partition coefficient (Wildman–Crippen LogP) is 2.73. The SMILES string of the molecule is CC[C@@]12CCCN3C(=O)C=C4c5ccccc5N([C@@H](O)CC1)[C@]432. The lowest BCUT2D eigenvalue weighted by molar-refractivity contribution is -0.144. The number of rotatable bonds is 1. The van der Waals surface area contributed by atoms with Crippen molar-refractivity contribution in [3.8, 4) is 0 Å². The van der Waals surface area contributed by atoms with E-state index in [2.05, 4.69) is 28.9 Å². The van der Waals surface area contributed by atoms with E-state index in [1.807, 2.05) is 18.2 Å². The Balaban J connectivity index is 1.86. The van der Waals surface area contributed by atoms with Gasteiger partial charge in [-0.2, -0.15) is 0 Å². The maximum atomic E-state index is 12.8. The second-order valence-electron chi connectivity index (χ2n) is 7.36. The van der Waals surface area contributed by atoms with Gasteiger partial charge in [-0.1, -0.05) is 25.1 Å². The molecule has 1 spiro atoms. The first-order valence-electron chi connectivity index (χ1n) is 8.76. The van der Waals surface area contributed by atoms with Crippen molar-refractivity contribution in [2.75, 3.05) is 11.4 Å². The van der Waals surface area contributed by atoms with Crippen LogP contribution in [0, 0.1) is 5.41 Å². The number of hydrogen-bond donors (Lipinski definition) is 1. The summed E-state index contributed by atoms with van der Waals surface area (Å²) >= 11 is 0. The molecule has 120 valence electrons. The summed E-state index contributed by atoms with van der Waals surface area (Å²) < 4.78 is 0. The van der Waals surface area contributed by atoms with E-state index in [1.165, 1.54) is 0 Å². The van der Waals surface area contributed by atoms with Crippen molar-refractivity contribution < 1.29 is 9.90 Å². The fourth-order valence-corrected chi connectivity index (χ4v) is 5.88. The van der Waals surface area contributed by atoms with Crippen LogP contribution in [0.5, 0.6) is 0 Å². The van der Waals surface area contributed by atoms with Crippen molar-refractivity contribution in [1.82, 2.24) is 4.90 Å². The lowest BCUT2D eigenvalue weighted by Gasteiger charge is -2.63. The van der Waals surface area contributed by atoms with Crippen molar-refractivity contribution in [2.45, 2.75) is 50.9 Å². The molecule has 0 unspecified atom stereocenters. The number of aliphatic hydroxyl groups is 1. The molecule has 4 heterocycles. The standard InChI is InChI=1S/C19H22N2O2/c1-2-18-9-5-11-20-17(23)12-14-13-6-3-4-7-15(13)21(19(14,18)20)16(22)8-10-18/h3-4,6-7,12,16,22H,2,5,8-11H2,1H3/t16-,18+,19-/m0/s1. The van der Waals surface area contributed by atoms with Gasteiger partial charge in [-0.15, -0.1) is 0 Å². The average molecular weight is 310 g/mol. The highest BCUT2D eigenvalue weighted by atomic mass is 16.3. The Hall–Kier alpha value is -1.81. The van der Waals surface area contributed by atoms with E-state index in [1.54, 1.807) is 0 Å². The van der Waals surface area contributed by atoms with Crippen LogP contribution in [0.3, 0.4) is 0 Å². The summed E-state index contributed by atoms with van der Waals surface area (Å²) in [6.45, 7) is 3.04. The van der Waals surface area contributed by atoms with Crippen molar-refractivity contribution in [2.24, 2.45) is 5.41 Å². The van der Waals surface area contributed by atoms with E-state index >= 15 is 0 Å². The normalized spacial score (nSPS) is 37.4. The topological polar surface area (TPSA) is 43.8 Å². The molecular formula is C19H22N2O2. The minimum Gasteiger partial charge on any atom is -0.374 e.